The number of hydrogen-bond acceptors (Lipinski definition) is 7. The van der Waals surface area contributed by atoms with Crippen LogP contribution in [0, 0.1) is 10.1 Å². The second-order valence-electron chi connectivity index (χ2n) is 5.10. The molecule has 1 aliphatic heterocycles. The first-order valence-electron chi connectivity index (χ1n) is 7.08. The molecule has 1 fully saturated rings. The molecule has 0 aliphatic carbocycles. The molecule has 1 atom stereocenters. The van der Waals surface area contributed by atoms with Gasteiger partial charge in [0.05, 0.1) is 29.1 Å². The Labute approximate surface area is 134 Å². The zero-order valence-corrected chi connectivity index (χ0v) is 13.5. The standard InChI is InChI=1S/C13H19N3O6S/c1-2-15-5-6-21-8-10(15)9-22-13-4-3-11(23(14,19)20)7-12(13)16(17)18/h3-4,7,10H,2,5-6,8-9H2,1H3,(H2,14,19,20). The monoisotopic (exact) mass is 345 g/mol. The van der Waals surface area contributed by atoms with Crippen molar-refractivity contribution in [2.75, 3.05) is 32.9 Å². The van der Waals surface area contributed by atoms with E-state index in [1.165, 1.54) is 12.1 Å². The topological polar surface area (TPSA) is 125 Å². The fraction of sp³-hybridized carbons (Fsp3) is 0.538. The van der Waals surface area contributed by atoms with Gasteiger partial charge in [-0.15, -0.1) is 0 Å². The Balaban J connectivity index is 2.17. The van der Waals surface area contributed by atoms with Crippen molar-refractivity contribution in [3.8, 4) is 5.75 Å². The summed E-state index contributed by atoms with van der Waals surface area (Å²) in [6.07, 6.45) is 0. The minimum atomic E-state index is -4.01. The molecule has 1 aromatic rings. The number of nitro benzene ring substituents is 1. The maximum absolute atomic E-state index is 11.3. The number of benzene rings is 1. The van der Waals surface area contributed by atoms with Crippen LogP contribution >= 0.6 is 0 Å². The van der Waals surface area contributed by atoms with Crippen molar-refractivity contribution in [2.45, 2.75) is 17.9 Å². The van der Waals surface area contributed by atoms with Gasteiger partial charge in [0.2, 0.25) is 10.0 Å². The number of nitrogens with zero attached hydrogens (tertiary/aromatic N) is 2. The van der Waals surface area contributed by atoms with Crippen molar-refractivity contribution >= 4 is 15.7 Å². The van der Waals surface area contributed by atoms with E-state index in [2.05, 4.69) is 4.90 Å². The molecule has 0 saturated carbocycles. The molecule has 1 saturated heterocycles. The lowest BCUT2D eigenvalue weighted by Gasteiger charge is -2.34. The summed E-state index contributed by atoms with van der Waals surface area (Å²) in [6.45, 7) is 4.95. The highest BCUT2D eigenvalue weighted by atomic mass is 32.2. The normalized spacial score (nSPS) is 19.5. The number of primary sulfonamides is 1. The van der Waals surface area contributed by atoms with Gasteiger partial charge in [0.15, 0.2) is 5.75 Å². The number of ether oxygens (including phenoxy) is 2. The smallest absolute Gasteiger partial charge is 0.312 e. The number of rotatable bonds is 6. The van der Waals surface area contributed by atoms with Gasteiger partial charge in [0.1, 0.15) is 6.61 Å². The van der Waals surface area contributed by atoms with E-state index >= 15 is 0 Å². The second-order valence-corrected chi connectivity index (χ2v) is 6.66. The molecule has 1 heterocycles. The Morgan fingerprint density at radius 2 is 2.26 bits per heavy atom. The van der Waals surface area contributed by atoms with Crippen LogP contribution in [0.4, 0.5) is 5.69 Å². The number of nitrogens with two attached hydrogens (primary N) is 1. The van der Waals surface area contributed by atoms with Crippen LogP contribution in [0.15, 0.2) is 23.1 Å². The maximum atomic E-state index is 11.3. The van der Waals surface area contributed by atoms with Crippen LogP contribution in [0.25, 0.3) is 0 Å². The largest absolute Gasteiger partial charge is 0.485 e. The molecular formula is C13H19N3O6S. The highest BCUT2D eigenvalue weighted by Crippen LogP contribution is 2.29. The van der Waals surface area contributed by atoms with Gasteiger partial charge >= 0.3 is 5.69 Å². The lowest BCUT2D eigenvalue weighted by molar-refractivity contribution is -0.386. The first kappa shape index (κ1) is 17.6. The van der Waals surface area contributed by atoms with Crippen molar-refractivity contribution in [1.29, 1.82) is 0 Å². The molecule has 9 nitrogen and oxygen atoms in total. The molecule has 128 valence electrons. The van der Waals surface area contributed by atoms with Crippen LogP contribution in [-0.4, -0.2) is 57.2 Å². The quantitative estimate of drug-likeness (QED) is 0.582. The van der Waals surface area contributed by atoms with Crippen LogP contribution in [0.1, 0.15) is 6.92 Å². The second kappa shape index (κ2) is 7.21. The van der Waals surface area contributed by atoms with Gasteiger partial charge in [-0.25, -0.2) is 13.6 Å². The molecule has 1 aliphatic rings. The number of sulfonamides is 1. The molecule has 10 heteroatoms. The minimum absolute atomic E-state index is 0.00373. The summed E-state index contributed by atoms with van der Waals surface area (Å²) >= 11 is 0. The first-order valence-corrected chi connectivity index (χ1v) is 8.63. The lowest BCUT2D eigenvalue weighted by Crippen LogP contribution is -2.48. The van der Waals surface area contributed by atoms with E-state index in [1.807, 2.05) is 6.92 Å². The SMILES string of the molecule is CCN1CCOCC1COc1ccc(S(N)(=O)=O)cc1[N+](=O)[O-]. The molecule has 2 N–H and O–H groups in total. The van der Waals surface area contributed by atoms with Crippen molar-refractivity contribution in [3.05, 3.63) is 28.3 Å². The molecule has 1 unspecified atom stereocenters. The Bertz CT molecular complexity index is 678. The van der Waals surface area contributed by atoms with E-state index in [0.29, 0.717) is 13.2 Å². The van der Waals surface area contributed by atoms with Crippen LogP contribution in [0.5, 0.6) is 5.75 Å². The van der Waals surface area contributed by atoms with Gasteiger partial charge in [0.25, 0.3) is 0 Å². The summed E-state index contributed by atoms with van der Waals surface area (Å²) in [6, 6.07) is 3.33. The third-order valence-corrected chi connectivity index (χ3v) is 4.55. The average molecular weight is 345 g/mol. The van der Waals surface area contributed by atoms with Gasteiger partial charge in [-0.1, -0.05) is 6.92 Å². The fourth-order valence-corrected chi connectivity index (χ4v) is 2.92. The predicted molar refractivity (Wildman–Crippen MR) is 81.8 cm³/mol. The molecule has 2 rings (SSSR count). The maximum Gasteiger partial charge on any atom is 0.312 e. The Morgan fingerprint density at radius 1 is 1.52 bits per heavy atom. The third kappa shape index (κ3) is 4.38. The molecule has 0 amide bonds. The van der Waals surface area contributed by atoms with Gasteiger partial charge in [-0.2, -0.15) is 0 Å². The summed E-state index contributed by atoms with van der Waals surface area (Å²) in [7, 11) is -4.01. The average Bonchev–Trinajstić information content (AvgIpc) is 2.52. The Kier molecular flexibility index (Phi) is 5.52. The molecule has 23 heavy (non-hydrogen) atoms. The lowest BCUT2D eigenvalue weighted by atomic mass is 10.2. The fourth-order valence-electron chi connectivity index (χ4n) is 2.38. The summed E-state index contributed by atoms with van der Waals surface area (Å²) in [5.41, 5.74) is -0.434. The van der Waals surface area contributed by atoms with Crippen LogP contribution in [-0.2, 0) is 14.8 Å². The van der Waals surface area contributed by atoms with Crippen molar-refractivity contribution in [3.63, 3.8) is 0 Å². The zero-order valence-electron chi connectivity index (χ0n) is 12.7. The zero-order chi connectivity index (χ0) is 17.0. The third-order valence-electron chi connectivity index (χ3n) is 3.64. The predicted octanol–water partition coefficient (Wildman–Crippen LogP) is 0.342. The van der Waals surface area contributed by atoms with Crippen LogP contribution < -0.4 is 9.88 Å². The first-order chi connectivity index (χ1) is 10.8. The van der Waals surface area contributed by atoms with E-state index < -0.39 is 20.6 Å². The number of nitro groups is 1. The van der Waals surface area contributed by atoms with E-state index in [1.54, 1.807) is 0 Å². The highest BCUT2D eigenvalue weighted by molar-refractivity contribution is 7.89. The Hall–Kier alpha value is -1.75. The van der Waals surface area contributed by atoms with Gasteiger partial charge < -0.3 is 9.47 Å². The summed E-state index contributed by atoms with van der Waals surface area (Å²) in [5, 5.41) is 16.1. The highest BCUT2D eigenvalue weighted by Gasteiger charge is 2.25. The molecule has 0 aromatic heterocycles. The number of likely N-dealkylation sites (N-methyl/N-ethyl adjacent to an activating group) is 1. The molecule has 0 spiro atoms. The summed E-state index contributed by atoms with van der Waals surface area (Å²) in [4.78, 5) is 12.3. The molecular weight excluding hydrogens is 326 g/mol. The van der Waals surface area contributed by atoms with Crippen LogP contribution in [0.2, 0.25) is 0 Å². The molecule has 0 bridgehead atoms. The summed E-state index contributed by atoms with van der Waals surface area (Å²) in [5.74, 6) is 0.00373. The van der Waals surface area contributed by atoms with E-state index in [-0.39, 0.29) is 23.3 Å². The van der Waals surface area contributed by atoms with Gasteiger partial charge in [0, 0.05) is 12.6 Å². The Morgan fingerprint density at radius 3 is 2.87 bits per heavy atom. The number of morpholine rings is 1. The van der Waals surface area contributed by atoms with E-state index in [4.69, 9.17) is 14.6 Å². The van der Waals surface area contributed by atoms with Crippen LogP contribution in [0.3, 0.4) is 0 Å². The van der Waals surface area contributed by atoms with Crippen molar-refractivity contribution in [2.24, 2.45) is 5.14 Å². The number of hydrogen-bond donors (Lipinski definition) is 1. The molecule has 0 radical (unpaired) electrons. The van der Waals surface area contributed by atoms with Crippen molar-refractivity contribution in [1.82, 2.24) is 4.90 Å². The summed E-state index contributed by atoms with van der Waals surface area (Å²) < 4.78 is 33.5. The van der Waals surface area contributed by atoms with E-state index in [0.717, 1.165) is 19.2 Å². The van der Waals surface area contributed by atoms with Gasteiger partial charge in [-0.3, -0.25) is 15.0 Å². The van der Waals surface area contributed by atoms with E-state index in [9.17, 15) is 18.5 Å². The molecule has 1 aromatic carbocycles. The van der Waals surface area contributed by atoms with Crippen molar-refractivity contribution < 1.29 is 22.8 Å². The minimum Gasteiger partial charge on any atom is -0.485 e. The van der Waals surface area contributed by atoms with Gasteiger partial charge in [-0.05, 0) is 18.7 Å².